The van der Waals surface area contributed by atoms with Crippen molar-refractivity contribution in [2.45, 2.75) is 39.0 Å². The van der Waals surface area contributed by atoms with Gasteiger partial charge in [0.2, 0.25) is 5.91 Å². The van der Waals surface area contributed by atoms with Gasteiger partial charge in [-0.3, -0.25) is 4.79 Å². The molecule has 0 fully saturated rings. The van der Waals surface area contributed by atoms with Crippen LogP contribution in [-0.4, -0.2) is 31.6 Å². The van der Waals surface area contributed by atoms with Crippen LogP contribution in [0.15, 0.2) is 127 Å². The molecule has 46 heavy (non-hydrogen) atoms. The number of carbonyl (C=O) groups is 1. The number of ether oxygens (including phenoxy) is 4. The van der Waals surface area contributed by atoms with Gasteiger partial charge in [-0.2, -0.15) is 0 Å². The lowest BCUT2D eigenvalue weighted by Crippen LogP contribution is -2.36. The number of rotatable bonds is 15. The molecule has 0 aromatic heterocycles. The van der Waals surface area contributed by atoms with Crippen molar-refractivity contribution >= 4 is 5.91 Å². The van der Waals surface area contributed by atoms with Crippen molar-refractivity contribution in [3.8, 4) is 23.0 Å². The summed E-state index contributed by atoms with van der Waals surface area (Å²) < 4.78 is 23.5. The minimum Gasteiger partial charge on any atom is -0.497 e. The lowest BCUT2D eigenvalue weighted by Gasteiger charge is -2.30. The predicted octanol–water partition coefficient (Wildman–Crippen LogP) is 8.24. The van der Waals surface area contributed by atoms with Crippen molar-refractivity contribution < 1.29 is 23.7 Å². The Hall–Kier alpha value is -5.23. The van der Waals surface area contributed by atoms with Gasteiger partial charge in [0.1, 0.15) is 24.7 Å². The molecule has 0 saturated carbocycles. The largest absolute Gasteiger partial charge is 0.497 e. The number of amides is 1. The summed E-state index contributed by atoms with van der Waals surface area (Å²) in [4.78, 5) is 16.1. The van der Waals surface area contributed by atoms with Crippen LogP contribution in [0.5, 0.6) is 23.0 Å². The first-order valence-electron chi connectivity index (χ1n) is 15.6. The Bertz CT molecular complexity index is 1670. The minimum absolute atomic E-state index is 0.00365. The molecule has 236 valence electrons. The van der Waals surface area contributed by atoms with Crippen molar-refractivity contribution in [2.75, 3.05) is 20.8 Å². The quantitative estimate of drug-likeness (QED) is 0.119. The fraction of sp³-hybridized carbons (Fsp3) is 0.225. The van der Waals surface area contributed by atoms with E-state index in [0.29, 0.717) is 49.2 Å². The molecule has 0 aliphatic rings. The van der Waals surface area contributed by atoms with E-state index in [1.165, 1.54) is 0 Å². The maximum atomic E-state index is 14.2. The van der Waals surface area contributed by atoms with Crippen LogP contribution < -0.4 is 18.9 Å². The van der Waals surface area contributed by atoms with Crippen LogP contribution in [0.2, 0.25) is 0 Å². The molecule has 5 rings (SSSR count). The Morgan fingerprint density at radius 2 is 1.22 bits per heavy atom. The predicted molar refractivity (Wildman–Crippen MR) is 182 cm³/mol. The molecule has 6 nitrogen and oxygen atoms in total. The minimum atomic E-state index is -0.136. The number of carbonyl (C=O) groups excluding carboxylic acids is 1. The molecule has 0 unspecified atom stereocenters. The molecule has 5 aromatic rings. The van der Waals surface area contributed by atoms with Gasteiger partial charge in [0, 0.05) is 12.1 Å². The molecule has 0 spiro atoms. The zero-order valence-corrected chi connectivity index (χ0v) is 26.7. The van der Waals surface area contributed by atoms with E-state index in [9.17, 15) is 4.79 Å². The molecule has 5 aromatic carbocycles. The van der Waals surface area contributed by atoms with Crippen LogP contribution in [0.3, 0.4) is 0 Å². The van der Waals surface area contributed by atoms with Crippen molar-refractivity contribution in [2.24, 2.45) is 0 Å². The molecule has 0 aliphatic heterocycles. The molecule has 6 heteroatoms. The van der Waals surface area contributed by atoms with E-state index in [0.717, 1.165) is 27.8 Å². The first-order chi connectivity index (χ1) is 22.5. The van der Waals surface area contributed by atoms with Gasteiger partial charge in [-0.25, -0.2) is 0 Å². The van der Waals surface area contributed by atoms with E-state index < -0.39 is 0 Å². The van der Waals surface area contributed by atoms with E-state index in [-0.39, 0.29) is 18.4 Å². The Morgan fingerprint density at radius 1 is 0.630 bits per heavy atom. The third-order valence-corrected chi connectivity index (χ3v) is 8.02. The zero-order chi connectivity index (χ0) is 32.1. The maximum absolute atomic E-state index is 14.2. The highest BCUT2D eigenvalue weighted by atomic mass is 16.5. The topological polar surface area (TPSA) is 57.2 Å². The second-order valence-corrected chi connectivity index (χ2v) is 11.1. The molecule has 0 bridgehead atoms. The molecule has 0 heterocycles. The Balaban J connectivity index is 1.33. The van der Waals surface area contributed by atoms with Crippen molar-refractivity contribution in [1.82, 2.24) is 4.90 Å². The van der Waals surface area contributed by atoms with Crippen LogP contribution in [0.4, 0.5) is 0 Å². The normalized spacial score (nSPS) is 11.4. The second kappa shape index (κ2) is 16.2. The van der Waals surface area contributed by atoms with Gasteiger partial charge in [-0.15, -0.1) is 0 Å². The first kappa shape index (κ1) is 32.2. The number of nitrogens with zero attached hydrogens (tertiary/aromatic N) is 1. The summed E-state index contributed by atoms with van der Waals surface area (Å²) in [7, 11) is 3.27. The summed E-state index contributed by atoms with van der Waals surface area (Å²) in [6.45, 7) is 3.46. The second-order valence-electron chi connectivity index (χ2n) is 11.1. The highest BCUT2D eigenvalue weighted by Gasteiger charge is 2.23. The van der Waals surface area contributed by atoms with Crippen molar-refractivity contribution in [3.05, 3.63) is 155 Å². The molecular formula is C40H41NO5. The molecule has 1 amide bonds. The highest BCUT2D eigenvalue weighted by Crippen LogP contribution is 2.31. The van der Waals surface area contributed by atoms with Crippen LogP contribution >= 0.6 is 0 Å². The average molecular weight is 616 g/mol. The smallest absolute Gasteiger partial charge is 0.227 e. The average Bonchev–Trinajstić information content (AvgIpc) is 3.11. The van der Waals surface area contributed by atoms with Gasteiger partial charge in [-0.1, -0.05) is 97.1 Å². The summed E-state index contributed by atoms with van der Waals surface area (Å²) in [5, 5.41) is 0. The van der Waals surface area contributed by atoms with Gasteiger partial charge in [-0.05, 0) is 65.9 Å². The molecule has 0 N–H and O–H groups in total. The van der Waals surface area contributed by atoms with Crippen molar-refractivity contribution in [3.63, 3.8) is 0 Å². The van der Waals surface area contributed by atoms with Gasteiger partial charge in [0.15, 0.2) is 11.5 Å². The van der Waals surface area contributed by atoms with Crippen LogP contribution in [0.1, 0.15) is 40.8 Å². The third-order valence-electron chi connectivity index (χ3n) is 8.02. The monoisotopic (exact) mass is 615 g/mol. The lowest BCUT2D eigenvalue weighted by molar-refractivity contribution is -0.132. The van der Waals surface area contributed by atoms with Crippen molar-refractivity contribution in [1.29, 1.82) is 0 Å². The zero-order valence-electron chi connectivity index (χ0n) is 26.7. The fourth-order valence-corrected chi connectivity index (χ4v) is 5.38. The Morgan fingerprint density at radius 3 is 1.83 bits per heavy atom. The van der Waals surface area contributed by atoms with E-state index in [4.69, 9.17) is 18.9 Å². The van der Waals surface area contributed by atoms with Gasteiger partial charge in [0.25, 0.3) is 0 Å². The number of hydrogen-bond donors (Lipinski definition) is 0. The first-order valence-corrected chi connectivity index (χ1v) is 15.6. The number of benzene rings is 5. The van der Waals surface area contributed by atoms with Crippen LogP contribution in [0.25, 0.3) is 0 Å². The van der Waals surface area contributed by atoms with E-state index in [2.05, 4.69) is 19.1 Å². The Kier molecular flexibility index (Phi) is 11.3. The summed E-state index contributed by atoms with van der Waals surface area (Å²) >= 11 is 0. The van der Waals surface area contributed by atoms with E-state index in [1.807, 2.05) is 120 Å². The third kappa shape index (κ3) is 8.69. The summed E-state index contributed by atoms with van der Waals surface area (Å²) in [6, 6.07) is 41.6. The molecule has 0 radical (unpaired) electrons. The van der Waals surface area contributed by atoms with Gasteiger partial charge >= 0.3 is 0 Å². The fourth-order valence-electron chi connectivity index (χ4n) is 5.38. The summed E-state index contributed by atoms with van der Waals surface area (Å²) in [5.41, 5.74) is 5.05. The lowest BCUT2D eigenvalue weighted by atomic mass is 10.0. The highest BCUT2D eigenvalue weighted by molar-refractivity contribution is 5.80. The summed E-state index contributed by atoms with van der Waals surface area (Å²) in [5.74, 6) is 2.70. The van der Waals surface area contributed by atoms with Crippen LogP contribution in [-0.2, 0) is 30.8 Å². The maximum Gasteiger partial charge on any atom is 0.227 e. The molecular weight excluding hydrogens is 574 g/mol. The standard InChI is InChI=1S/C40H41NO5/c1-30(34-17-11-6-12-18-34)41(24-23-31-19-21-38(39(25-31)44-3)46-29-33-15-9-5-10-16-33)40(42)27-35-26-36(43-2)20-22-37(35)45-28-32-13-7-4-8-14-32/h4-22,25-26,30H,23-24,27-29H2,1-3H3/t30-/m0/s1. The van der Waals surface area contributed by atoms with Crippen LogP contribution in [0, 0.1) is 0 Å². The van der Waals surface area contributed by atoms with E-state index >= 15 is 0 Å². The molecule has 0 saturated heterocycles. The number of hydrogen-bond acceptors (Lipinski definition) is 5. The Labute approximate surface area is 272 Å². The van der Waals surface area contributed by atoms with E-state index in [1.54, 1.807) is 14.2 Å². The molecule has 0 aliphatic carbocycles. The summed E-state index contributed by atoms with van der Waals surface area (Å²) in [6.07, 6.45) is 0.821. The van der Waals surface area contributed by atoms with Gasteiger partial charge in [0.05, 0.1) is 26.7 Å². The molecule has 1 atom stereocenters. The number of methoxy groups -OCH3 is 2. The SMILES string of the molecule is COc1ccc(OCc2ccccc2)c(CC(=O)N(CCc2ccc(OCc3ccccc3)c(OC)c2)[C@@H](C)c2ccccc2)c1. The van der Waals surface area contributed by atoms with Gasteiger partial charge < -0.3 is 23.8 Å².